The quantitative estimate of drug-likeness (QED) is 0.668. The summed E-state index contributed by atoms with van der Waals surface area (Å²) in [6, 6.07) is 3.66. The van der Waals surface area contributed by atoms with Crippen molar-refractivity contribution in [3.05, 3.63) is 42.2 Å². The number of rotatable bonds is 6. The average molecular weight is 347 g/mol. The highest BCUT2D eigenvalue weighted by Gasteiger charge is 2.20. The first-order chi connectivity index (χ1) is 11.7. The normalized spacial score (nSPS) is 10.8. The van der Waals surface area contributed by atoms with E-state index < -0.39 is 0 Å². The fourth-order valence-electron chi connectivity index (χ4n) is 2.26. The second-order valence-electron chi connectivity index (χ2n) is 4.92. The minimum absolute atomic E-state index is 0.0827. The van der Waals surface area contributed by atoms with Crippen LogP contribution in [0.1, 0.15) is 13.3 Å². The van der Waals surface area contributed by atoms with E-state index >= 15 is 0 Å². The van der Waals surface area contributed by atoms with Gasteiger partial charge < -0.3 is 4.90 Å². The van der Waals surface area contributed by atoms with E-state index in [-0.39, 0.29) is 17.5 Å². The highest BCUT2D eigenvalue weighted by molar-refractivity contribution is 6.32. The molecule has 0 fully saturated rings. The van der Waals surface area contributed by atoms with Gasteiger partial charge in [0.05, 0.1) is 24.6 Å². The van der Waals surface area contributed by atoms with E-state index in [1.807, 2.05) is 13.0 Å². The lowest BCUT2D eigenvalue weighted by molar-refractivity contribution is -0.118. The van der Waals surface area contributed by atoms with Crippen LogP contribution in [0, 0.1) is 0 Å². The molecule has 0 unspecified atom stereocenters. The smallest absolute Gasteiger partial charge is 0.228 e. The largest absolute Gasteiger partial charge is 0.308 e. The number of pyridine rings is 1. The van der Waals surface area contributed by atoms with Crippen LogP contribution in [0.2, 0.25) is 5.15 Å². The molecule has 0 atom stereocenters. The number of halogens is 1. The first-order valence-corrected chi connectivity index (χ1v) is 7.73. The zero-order chi connectivity index (χ0) is 16.9. The summed E-state index contributed by atoms with van der Waals surface area (Å²) in [5.74, 6) is -0.0827. The maximum absolute atomic E-state index is 12.5. The lowest BCUT2D eigenvalue weighted by atomic mass is 10.3. The Morgan fingerprint density at radius 3 is 2.96 bits per heavy atom. The van der Waals surface area contributed by atoms with Gasteiger partial charge in [-0.25, -0.2) is 9.36 Å². The summed E-state index contributed by atoms with van der Waals surface area (Å²) in [6.45, 7) is 2.76. The molecule has 3 heterocycles. The van der Waals surface area contributed by atoms with E-state index in [1.165, 1.54) is 11.0 Å². The Morgan fingerprint density at radius 1 is 1.42 bits per heavy atom. The van der Waals surface area contributed by atoms with Gasteiger partial charge in [-0.2, -0.15) is 5.10 Å². The zero-order valence-corrected chi connectivity index (χ0v) is 13.7. The number of hydrogen-bond donors (Lipinski definition) is 0. The number of amides is 1. The van der Waals surface area contributed by atoms with Crippen LogP contribution < -0.4 is 4.90 Å². The molecule has 0 spiro atoms. The van der Waals surface area contributed by atoms with Crippen molar-refractivity contribution in [3.8, 4) is 5.69 Å². The van der Waals surface area contributed by atoms with Gasteiger partial charge in [-0.15, -0.1) is 5.10 Å². The summed E-state index contributed by atoms with van der Waals surface area (Å²) in [6.07, 6.45) is 6.79. The number of carbonyl (C=O) groups is 1. The van der Waals surface area contributed by atoms with Gasteiger partial charge in [0.1, 0.15) is 12.0 Å². The summed E-state index contributed by atoms with van der Waals surface area (Å²) < 4.78 is 3.11. The highest BCUT2D eigenvalue weighted by atomic mass is 35.5. The molecule has 0 aliphatic rings. The predicted molar refractivity (Wildman–Crippen MR) is 86.8 cm³/mol. The number of aromatic nitrogens is 7. The van der Waals surface area contributed by atoms with Gasteiger partial charge in [0.15, 0.2) is 5.15 Å². The molecule has 1 amide bonds. The number of carbonyl (C=O) groups excluding carboxylic acids is 1. The summed E-state index contributed by atoms with van der Waals surface area (Å²) >= 11 is 6.23. The first kappa shape index (κ1) is 16.1. The molecule has 0 aliphatic carbocycles. The van der Waals surface area contributed by atoms with Crippen LogP contribution in [0.4, 0.5) is 5.69 Å². The third kappa shape index (κ3) is 3.40. The monoisotopic (exact) mass is 346 g/mol. The van der Waals surface area contributed by atoms with E-state index in [4.69, 9.17) is 11.6 Å². The number of tetrazole rings is 1. The maximum Gasteiger partial charge on any atom is 0.228 e. The third-order valence-corrected chi connectivity index (χ3v) is 3.69. The molecule has 3 aromatic heterocycles. The fraction of sp³-hybridized carbons (Fsp3) is 0.286. The van der Waals surface area contributed by atoms with Crippen molar-refractivity contribution >= 4 is 23.2 Å². The van der Waals surface area contributed by atoms with Gasteiger partial charge in [0.25, 0.3) is 0 Å². The van der Waals surface area contributed by atoms with Crippen LogP contribution in [0.25, 0.3) is 5.69 Å². The maximum atomic E-state index is 12.5. The molecule has 3 rings (SSSR count). The van der Waals surface area contributed by atoms with Crippen molar-refractivity contribution in [3.63, 3.8) is 0 Å². The molecular formula is C14H15ClN8O. The lowest BCUT2D eigenvalue weighted by Crippen LogP contribution is -2.31. The molecular weight excluding hydrogens is 332 g/mol. The molecule has 0 N–H and O–H groups in total. The van der Waals surface area contributed by atoms with Crippen molar-refractivity contribution in [1.29, 1.82) is 0 Å². The first-order valence-electron chi connectivity index (χ1n) is 7.35. The Hall–Kier alpha value is -2.81. The number of nitrogens with zero attached hydrogens (tertiary/aromatic N) is 8. The van der Waals surface area contributed by atoms with Gasteiger partial charge >= 0.3 is 0 Å². The van der Waals surface area contributed by atoms with E-state index in [9.17, 15) is 4.79 Å². The minimum Gasteiger partial charge on any atom is -0.308 e. The molecule has 0 saturated carbocycles. The summed E-state index contributed by atoms with van der Waals surface area (Å²) in [5.41, 5.74) is 1.33. The van der Waals surface area contributed by atoms with Gasteiger partial charge in [-0.05, 0) is 29.5 Å². The van der Waals surface area contributed by atoms with Crippen LogP contribution in [-0.2, 0) is 11.3 Å². The molecule has 10 heteroatoms. The lowest BCUT2D eigenvalue weighted by Gasteiger charge is -2.19. The molecule has 0 radical (unpaired) electrons. The van der Waals surface area contributed by atoms with Crippen LogP contribution in [0.5, 0.6) is 0 Å². The Balaban J connectivity index is 1.77. The molecule has 0 aromatic carbocycles. The van der Waals surface area contributed by atoms with Crippen LogP contribution in [0.15, 0.2) is 37.1 Å². The van der Waals surface area contributed by atoms with Crippen molar-refractivity contribution in [2.75, 3.05) is 11.4 Å². The molecule has 0 aliphatic heterocycles. The van der Waals surface area contributed by atoms with Gasteiger partial charge in [0.2, 0.25) is 5.91 Å². The van der Waals surface area contributed by atoms with E-state index in [1.54, 1.807) is 34.2 Å². The summed E-state index contributed by atoms with van der Waals surface area (Å²) in [4.78, 5) is 18.1. The van der Waals surface area contributed by atoms with Crippen molar-refractivity contribution in [1.82, 2.24) is 35.0 Å². The predicted octanol–water partition coefficient (Wildman–Crippen LogP) is 1.35. The van der Waals surface area contributed by atoms with Gasteiger partial charge in [-0.1, -0.05) is 11.6 Å². The second kappa shape index (κ2) is 7.18. The van der Waals surface area contributed by atoms with E-state index in [2.05, 4.69) is 25.6 Å². The molecule has 9 nitrogen and oxygen atoms in total. The second-order valence-corrected chi connectivity index (χ2v) is 5.28. The number of hydrogen-bond acceptors (Lipinski definition) is 6. The Kier molecular flexibility index (Phi) is 4.80. The number of anilines is 1. The van der Waals surface area contributed by atoms with Crippen molar-refractivity contribution < 1.29 is 4.79 Å². The highest BCUT2D eigenvalue weighted by Crippen LogP contribution is 2.26. The van der Waals surface area contributed by atoms with Crippen molar-refractivity contribution in [2.24, 2.45) is 0 Å². The number of aryl methyl sites for hydroxylation is 1. The zero-order valence-electron chi connectivity index (χ0n) is 12.9. The van der Waals surface area contributed by atoms with Crippen LogP contribution >= 0.6 is 11.6 Å². The Labute approximate surface area is 142 Å². The topological polar surface area (TPSA) is 94.6 Å². The summed E-state index contributed by atoms with van der Waals surface area (Å²) in [5, 5.41) is 15.3. The molecule has 3 aromatic rings. The SMILES string of the molecule is CCN(C(=O)CCn1cnnn1)c1cn(-c2cccnc2)nc1Cl. The molecule has 24 heavy (non-hydrogen) atoms. The van der Waals surface area contributed by atoms with E-state index in [0.29, 0.717) is 18.8 Å². The molecule has 0 bridgehead atoms. The van der Waals surface area contributed by atoms with Gasteiger partial charge in [-0.3, -0.25) is 9.78 Å². The fourth-order valence-corrected chi connectivity index (χ4v) is 2.49. The van der Waals surface area contributed by atoms with E-state index in [0.717, 1.165) is 5.69 Å². The van der Waals surface area contributed by atoms with Crippen molar-refractivity contribution in [2.45, 2.75) is 19.9 Å². The van der Waals surface area contributed by atoms with Gasteiger partial charge in [0, 0.05) is 19.2 Å². The van der Waals surface area contributed by atoms with Crippen LogP contribution in [-0.4, -0.2) is 47.4 Å². The molecule has 124 valence electrons. The Morgan fingerprint density at radius 2 is 2.29 bits per heavy atom. The molecule has 0 saturated heterocycles. The average Bonchev–Trinajstić information content (AvgIpc) is 3.25. The minimum atomic E-state index is -0.0827. The third-order valence-electron chi connectivity index (χ3n) is 3.42. The standard InChI is InChI=1S/C14H15ClN8O/c1-2-22(13(24)5-7-21-10-17-19-20-21)12-9-23(18-14(12)15)11-4-3-6-16-8-11/h3-4,6,8-10H,2,5,7H2,1H3. The Bertz CT molecular complexity index is 802. The van der Waals surface area contributed by atoms with Crippen LogP contribution in [0.3, 0.4) is 0 Å². The summed E-state index contributed by atoms with van der Waals surface area (Å²) in [7, 11) is 0.